The van der Waals surface area contributed by atoms with Gasteiger partial charge in [-0.15, -0.1) is 0 Å². The van der Waals surface area contributed by atoms with Gasteiger partial charge in [-0.25, -0.2) is 0 Å². The Kier molecular flexibility index (Phi) is 3.99. The van der Waals surface area contributed by atoms with E-state index in [0.29, 0.717) is 12.2 Å². The number of ether oxygens (including phenoxy) is 1. The summed E-state index contributed by atoms with van der Waals surface area (Å²) in [6.45, 7) is -0.0146. The first-order chi connectivity index (χ1) is 9.56. The van der Waals surface area contributed by atoms with Crippen LogP contribution in [-0.2, 0) is 13.5 Å². The molecule has 0 aliphatic rings. The first kappa shape index (κ1) is 14.0. The molecule has 0 fully saturated rings. The Morgan fingerprint density at radius 2 is 2.20 bits per heavy atom. The van der Waals surface area contributed by atoms with Crippen molar-refractivity contribution < 1.29 is 14.8 Å². The first-order valence-electron chi connectivity index (χ1n) is 6.03. The molecule has 0 spiro atoms. The molecule has 0 radical (unpaired) electrons. The zero-order chi connectivity index (χ0) is 14.7. The maximum atomic E-state index is 10.8. The fourth-order valence-corrected chi connectivity index (χ4v) is 2.07. The first-order valence-corrected chi connectivity index (χ1v) is 6.03. The molecule has 106 valence electrons. The van der Waals surface area contributed by atoms with Crippen molar-refractivity contribution in [3.05, 3.63) is 40.2 Å². The van der Waals surface area contributed by atoms with Crippen LogP contribution in [-0.4, -0.2) is 33.5 Å². The number of aliphatic hydroxyl groups excluding tert-OH is 1. The van der Waals surface area contributed by atoms with Crippen molar-refractivity contribution in [2.45, 2.75) is 6.42 Å². The summed E-state index contributed by atoms with van der Waals surface area (Å²) in [6.07, 6.45) is 2.21. The van der Waals surface area contributed by atoms with E-state index in [1.54, 1.807) is 24.0 Å². The average molecular weight is 277 g/mol. The molecule has 1 aromatic carbocycles. The van der Waals surface area contributed by atoms with Crippen LogP contribution in [0, 0.1) is 10.1 Å². The van der Waals surface area contributed by atoms with Gasteiger partial charge in [-0.3, -0.25) is 14.8 Å². The van der Waals surface area contributed by atoms with Crippen LogP contribution in [0.15, 0.2) is 24.4 Å². The van der Waals surface area contributed by atoms with Gasteiger partial charge in [0.15, 0.2) is 0 Å². The van der Waals surface area contributed by atoms with Crippen molar-refractivity contribution in [3.63, 3.8) is 0 Å². The minimum atomic E-state index is -0.468. The molecule has 0 unspecified atom stereocenters. The normalized spacial score (nSPS) is 10.6. The monoisotopic (exact) mass is 277 g/mol. The molecule has 0 saturated carbocycles. The molecule has 0 aliphatic carbocycles. The molecule has 0 aliphatic heterocycles. The molecule has 2 aromatic rings. The van der Waals surface area contributed by atoms with Gasteiger partial charge in [0.1, 0.15) is 5.75 Å². The van der Waals surface area contributed by atoms with Crippen molar-refractivity contribution in [2.24, 2.45) is 7.05 Å². The van der Waals surface area contributed by atoms with Crippen LogP contribution in [0.2, 0.25) is 0 Å². The van der Waals surface area contributed by atoms with Crippen LogP contribution in [0.3, 0.4) is 0 Å². The van der Waals surface area contributed by atoms with E-state index < -0.39 is 4.92 Å². The summed E-state index contributed by atoms with van der Waals surface area (Å²) in [7, 11) is 3.24. The van der Waals surface area contributed by atoms with Gasteiger partial charge < -0.3 is 9.84 Å². The Morgan fingerprint density at radius 1 is 1.45 bits per heavy atom. The van der Waals surface area contributed by atoms with Crippen molar-refractivity contribution in [1.82, 2.24) is 9.78 Å². The largest absolute Gasteiger partial charge is 0.496 e. The number of aliphatic hydroxyl groups is 1. The molecule has 7 heteroatoms. The lowest BCUT2D eigenvalue weighted by Crippen LogP contribution is -1.97. The SMILES string of the molecule is COc1cc([N+](=O)[O-])ccc1-c1cn(C)nc1CCO. The Balaban J connectivity index is 2.54. The molecule has 20 heavy (non-hydrogen) atoms. The standard InChI is InChI=1S/C13H15N3O4/c1-15-8-11(12(14-15)5-6-17)10-4-3-9(16(18)19)7-13(10)20-2/h3-4,7-8,17H,5-6H2,1-2H3. The van der Waals surface area contributed by atoms with Gasteiger partial charge in [-0.2, -0.15) is 5.10 Å². The van der Waals surface area contributed by atoms with E-state index in [-0.39, 0.29) is 12.3 Å². The van der Waals surface area contributed by atoms with Gasteiger partial charge in [-0.1, -0.05) is 0 Å². The summed E-state index contributed by atoms with van der Waals surface area (Å²) < 4.78 is 6.87. The maximum Gasteiger partial charge on any atom is 0.273 e. The third-order valence-corrected chi connectivity index (χ3v) is 2.94. The number of non-ortho nitro benzene ring substituents is 1. The van der Waals surface area contributed by atoms with E-state index in [1.165, 1.54) is 19.2 Å². The fourth-order valence-electron chi connectivity index (χ4n) is 2.07. The molecule has 1 N–H and O–H groups in total. The van der Waals surface area contributed by atoms with E-state index in [2.05, 4.69) is 5.10 Å². The minimum absolute atomic E-state index is 0.0146. The number of benzene rings is 1. The molecule has 2 rings (SSSR count). The summed E-state index contributed by atoms with van der Waals surface area (Å²) in [5.74, 6) is 0.409. The second-order valence-electron chi connectivity index (χ2n) is 4.28. The smallest absolute Gasteiger partial charge is 0.273 e. The van der Waals surface area contributed by atoms with Gasteiger partial charge in [0.2, 0.25) is 0 Å². The maximum absolute atomic E-state index is 10.8. The highest BCUT2D eigenvalue weighted by Crippen LogP contribution is 2.34. The number of rotatable bonds is 5. The molecule has 0 bridgehead atoms. The predicted molar refractivity (Wildman–Crippen MR) is 72.6 cm³/mol. The van der Waals surface area contributed by atoms with Crippen molar-refractivity contribution >= 4 is 5.69 Å². The van der Waals surface area contributed by atoms with E-state index in [0.717, 1.165) is 16.8 Å². The second-order valence-corrected chi connectivity index (χ2v) is 4.28. The molecule has 7 nitrogen and oxygen atoms in total. The zero-order valence-corrected chi connectivity index (χ0v) is 11.2. The van der Waals surface area contributed by atoms with Crippen LogP contribution in [0.4, 0.5) is 5.69 Å². The van der Waals surface area contributed by atoms with Crippen LogP contribution in [0.25, 0.3) is 11.1 Å². The van der Waals surface area contributed by atoms with E-state index in [4.69, 9.17) is 9.84 Å². The topological polar surface area (TPSA) is 90.4 Å². The van der Waals surface area contributed by atoms with Crippen LogP contribution >= 0.6 is 0 Å². The van der Waals surface area contributed by atoms with E-state index >= 15 is 0 Å². The average Bonchev–Trinajstić information content (AvgIpc) is 2.79. The summed E-state index contributed by atoms with van der Waals surface area (Å²) in [5, 5.41) is 24.1. The Labute approximate surface area is 115 Å². The van der Waals surface area contributed by atoms with Gasteiger partial charge in [-0.05, 0) is 6.07 Å². The second kappa shape index (κ2) is 5.70. The summed E-state index contributed by atoms with van der Waals surface area (Å²) in [6, 6.07) is 4.44. The molecule has 0 atom stereocenters. The summed E-state index contributed by atoms with van der Waals surface area (Å²) >= 11 is 0. The van der Waals surface area contributed by atoms with Gasteiger partial charge in [0.05, 0.1) is 23.8 Å². The van der Waals surface area contributed by atoms with Crippen molar-refractivity contribution in [3.8, 4) is 16.9 Å². The predicted octanol–water partition coefficient (Wildman–Crippen LogP) is 1.54. The molecular formula is C13H15N3O4. The van der Waals surface area contributed by atoms with Crippen molar-refractivity contribution in [2.75, 3.05) is 13.7 Å². The molecule has 1 aromatic heterocycles. The number of nitro benzene ring substituents is 1. The summed E-state index contributed by atoms with van der Waals surface area (Å²) in [5.41, 5.74) is 2.21. The van der Waals surface area contributed by atoms with Crippen LogP contribution < -0.4 is 4.74 Å². The lowest BCUT2D eigenvalue weighted by atomic mass is 10.0. The number of aromatic nitrogens is 2. The highest BCUT2D eigenvalue weighted by atomic mass is 16.6. The van der Waals surface area contributed by atoms with Gasteiger partial charge >= 0.3 is 0 Å². The minimum Gasteiger partial charge on any atom is -0.496 e. The third kappa shape index (κ3) is 2.62. The van der Waals surface area contributed by atoms with Crippen LogP contribution in [0.1, 0.15) is 5.69 Å². The quantitative estimate of drug-likeness (QED) is 0.661. The van der Waals surface area contributed by atoms with Crippen molar-refractivity contribution in [1.29, 1.82) is 0 Å². The molecule has 1 heterocycles. The molecule has 0 amide bonds. The number of aryl methyl sites for hydroxylation is 1. The molecular weight excluding hydrogens is 262 g/mol. The Bertz CT molecular complexity index is 637. The van der Waals surface area contributed by atoms with Gasteiger partial charge in [0, 0.05) is 43.5 Å². The number of nitro groups is 1. The molecule has 0 saturated heterocycles. The van der Waals surface area contributed by atoms with Gasteiger partial charge in [0.25, 0.3) is 5.69 Å². The summed E-state index contributed by atoms with van der Waals surface area (Å²) in [4.78, 5) is 10.3. The highest BCUT2D eigenvalue weighted by Gasteiger charge is 2.17. The Morgan fingerprint density at radius 3 is 2.80 bits per heavy atom. The Hall–Kier alpha value is -2.41. The number of nitrogens with zero attached hydrogens (tertiary/aromatic N) is 3. The zero-order valence-electron chi connectivity index (χ0n) is 11.2. The van der Waals surface area contributed by atoms with Crippen LogP contribution in [0.5, 0.6) is 5.75 Å². The van der Waals surface area contributed by atoms with E-state index in [9.17, 15) is 10.1 Å². The fraction of sp³-hybridized carbons (Fsp3) is 0.308. The third-order valence-electron chi connectivity index (χ3n) is 2.94. The lowest BCUT2D eigenvalue weighted by molar-refractivity contribution is -0.384. The number of methoxy groups -OCH3 is 1. The van der Waals surface area contributed by atoms with E-state index in [1.807, 2.05) is 0 Å². The number of hydrogen-bond acceptors (Lipinski definition) is 5. The highest BCUT2D eigenvalue weighted by molar-refractivity contribution is 5.73. The number of hydrogen-bond donors (Lipinski definition) is 1. The lowest BCUT2D eigenvalue weighted by Gasteiger charge is -2.08.